The molecule has 128 valence electrons. The fourth-order valence-corrected chi connectivity index (χ4v) is 3.40. The summed E-state index contributed by atoms with van der Waals surface area (Å²) >= 11 is 0. The van der Waals surface area contributed by atoms with E-state index in [4.69, 9.17) is 15.0 Å². The first kappa shape index (κ1) is 16.2. The van der Waals surface area contributed by atoms with Crippen LogP contribution in [0.1, 0.15) is 11.1 Å². The van der Waals surface area contributed by atoms with E-state index in [9.17, 15) is 0 Å². The molecule has 1 aliphatic rings. The van der Waals surface area contributed by atoms with Gasteiger partial charge in [-0.15, -0.1) is 0 Å². The molecule has 1 aliphatic heterocycles. The summed E-state index contributed by atoms with van der Waals surface area (Å²) < 4.78 is 5.26. The summed E-state index contributed by atoms with van der Waals surface area (Å²) in [6, 6.07) is 20.1. The van der Waals surface area contributed by atoms with E-state index >= 15 is 0 Å². The first-order valence-corrected chi connectivity index (χ1v) is 8.59. The van der Waals surface area contributed by atoms with Gasteiger partial charge in [0.1, 0.15) is 11.6 Å². The number of pyridine rings is 1. The number of hydrogen-bond donors (Lipinski definition) is 0. The Hall–Kier alpha value is -3.32. The first-order valence-electron chi connectivity index (χ1n) is 8.59. The second-order valence-corrected chi connectivity index (χ2v) is 6.45. The van der Waals surface area contributed by atoms with Crippen LogP contribution in [-0.2, 0) is 6.42 Å². The molecule has 0 fully saturated rings. The van der Waals surface area contributed by atoms with Gasteiger partial charge in [-0.1, -0.05) is 12.1 Å². The van der Waals surface area contributed by atoms with Crippen LogP contribution in [0.3, 0.4) is 0 Å². The zero-order valence-electron chi connectivity index (χ0n) is 14.9. The first-order chi connectivity index (χ1) is 12.7. The SMILES string of the molecule is COc1ccc(-c2cc(-c3ccc(C#N)cc3)c3c(n2)N(C)CC3)cc1. The monoisotopic (exact) mass is 341 g/mol. The van der Waals surface area contributed by atoms with E-state index in [0.29, 0.717) is 5.56 Å². The number of methoxy groups -OCH3 is 1. The molecule has 4 nitrogen and oxygen atoms in total. The largest absolute Gasteiger partial charge is 0.497 e. The van der Waals surface area contributed by atoms with Crippen molar-refractivity contribution < 1.29 is 4.74 Å². The van der Waals surface area contributed by atoms with Crippen molar-refractivity contribution in [3.63, 3.8) is 0 Å². The molecule has 0 atom stereocenters. The molecule has 0 saturated carbocycles. The van der Waals surface area contributed by atoms with Gasteiger partial charge in [-0.05, 0) is 60.0 Å². The molecule has 0 N–H and O–H groups in total. The molecule has 0 aliphatic carbocycles. The Balaban J connectivity index is 1.86. The van der Waals surface area contributed by atoms with Crippen molar-refractivity contribution in [1.29, 1.82) is 5.26 Å². The molecule has 0 radical (unpaired) electrons. The second-order valence-electron chi connectivity index (χ2n) is 6.45. The molecule has 0 spiro atoms. The van der Waals surface area contributed by atoms with Crippen LogP contribution in [0.15, 0.2) is 54.6 Å². The van der Waals surface area contributed by atoms with Crippen molar-refractivity contribution in [3.8, 4) is 34.2 Å². The number of rotatable bonds is 3. The van der Waals surface area contributed by atoms with Gasteiger partial charge in [-0.2, -0.15) is 5.26 Å². The summed E-state index contributed by atoms with van der Waals surface area (Å²) in [6.07, 6.45) is 0.983. The molecule has 3 aromatic rings. The van der Waals surface area contributed by atoms with Gasteiger partial charge in [-0.25, -0.2) is 4.98 Å². The molecule has 0 unspecified atom stereocenters. The Morgan fingerprint density at radius 1 is 1.04 bits per heavy atom. The van der Waals surface area contributed by atoms with Crippen LogP contribution < -0.4 is 9.64 Å². The van der Waals surface area contributed by atoms with Crippen LogP contribution in [0.2, 0.25) is 0 Å². The Kier molecular flexibility index (Phi) is 4.06. The molecule has 4 heteroatoms. The van der Waals surface area contributed by atoms with Crippen molar-refractivity contribution in [3.05, 3.63) is 65.7 Å². The average Bonchev–Trinajstić information content (AvgIpc) is 3.08. The van der Waals surface area contributed by atoms with Crippen molar-refractivity contribution in [2.75, 3.05) is 25.6 Å². The Bertz CT molecular complexity index is 986. The molecule has 1 aromatic heterocycles. The van der Waals surface area contributed by atoms with Crippen LogP contribution in [0.4, 0.5) is 5.82 Å². The van der Waals surface area contributed by atoms with Gasteiger partial charge in [0.2, 0.25) is 0 Å². The third kappa shape index (κ3) is 2.78. The number of aromatic nitrogens is 1. The number of fused-ring (bicyclic) bond motifs is 1. The summed E-state index contributed by atoms with van der Waals surface area (Å²) in [5.41, 5.74) is 6.26. The topological polar surface area (TPSA) is 49.1 Å². The minimum absolute atomic E-state index is 0.673. The van der Waals surface area contributed by atoms with E-state index in [1.165, 1.54) is 11.1 Å². The number of benzene rings is 2. The molecule has 4 rings (SSSR count). The molecular formula is C22H19N3O. The maximum atomic E-state index is 9.05. The maximum absolute atomic E-state index is 9.05. The standard InChI is InChI=1S/C22H19N3O/c1-25-12-11-19-20(16-5-3-15(14-23)4-6-16)13-21(24-22(19)25)17-7-9-18(26-2)10-8-17/h3-10,13H,11-12H2,1-2H3. The quantitative estimate of drug-likeness (QED) is 0.713. The summed E-state index contributed by atoms with van der Waals surface area (Å²) in [4.78, 5) is 7.12. The predicted octanol–water partition coefficient (Wildman–Crippen LogP) is 4.29. The summed E-state index contributed by atoms with van der Waals surface area (Å²) in [7, 11) is 3.75. The highest BCUT2D eigenvalue weighted by molar-refractivity contribution is 5.79. The van der Waals surface area contributed by atoms with Gasteiger partial charge in [0.05, 0.1) is 24.4 Å². The fourth-order valence-electron chi connectivity index (χ4n) is 3.40. The number of ether oxygens (including phenoxy) is 1. The van der Waals surface area contributed by atoms with E-state index in [0.717, 1.165) is 41.4 Å². The summed E-state index contributed by atoms with van der Waals surface area (Å²) in [5.74, 6) is 1.87. The van der Waals surface area contributed by atoms with E-state index in [1.807, 2.05) is 48.5 Å². The molecule has 2 heterocycles. The Morgan fingerprint density at radius 2 is 1.73 bits per heavy atom. The van der Waals surface area contributed by atoms with Crippen molar-refractivity contribution in [2.45, 2.75) is 6.42 Å². The van der Waals surface area contributed by atoms with Crippen LogP contribution in [0.25, 0.3) is 22.4 Å². The highest BCUT2D eigenvalue weighted by atomic mass is 16.5. The van der Waals surface area contributed by atoms with Crippen molar-refractivity contribution in [2.24, 2.45) is 0 Å². The van der Waals surface area contributed by atoms with E-state index in [-0.39, 0.29) is 0 Å². The summed E-state index contributed by atoms with van der Waals surface area (Å²) in [5, 5.41) is 9.05. The van der Waals surface area contributed by atoms with Crippen LogP contribution in [-0.4, -0.2) is 25.7 Å². The van der Waals surface area contributed by atoms with Gasteiger partial charge >= 0.3 is 0 Å². The van der Waals surface area contributed by atoms with Crippen LogP contribution >= 0.6 is 0 Å². The third-order valence-corrected chi connectivity index (χ3v) is 4.87. The minimum Gasteiger partial charge on any atom is -0.497 e. The Labute approximate surface area is 153 Å². The highest BCUT2D eigenvalue weighted by Crippen LogP contribution is 2.37. The normalized spacial score (nSPS) is 12.6. The van der Waals surface area contributed by atoms with Crippen molar-refractivity contribution >= 4 is 5.82 Å². The lowest BCUT2D eigenvalue weighted by molar-refractivity contribution is 0.415. The molecule has 26 heavy (non-hydrogen) atoms. The number of likely N-dealkylation sites (N-methyl/N-ethyl adjacent to an activating group) is 1. The summed E-state index contributed by atoms with van der Waals surface area (Å²) in [6.45, 7) is 0.970. The van der Waals surface area contributed by atoms with Gasteiger partial charge in [-0.3, -0.25) is 0 Å². The smallest absolute Gasteiger partial charge is 0.132 e. The van der Waals surface area contributed by atoms with E-state index in [2.05, 4.69) is 24.1 Å². The second kappa shape index (κ2) is 6.53. The lowest BCUT2D eigenvalue weighted by atomic mass is 9.96. The fraction of sp³-hybridized carbons (Fsp3) is 0.182. The minimum atomic E-state index is 0.673. The number of hydrogen-bond acceptors (Lipinski definition) is 4. The Morgan fingerprint density at radius 3 is 2.38 bits per heavy atom. The van der Waals surface area contributed by atoms with Gasteiger partial charge in [0.25, 0.3) is 0 Å². The van der Waals surface area contributed by atoms with E-state index < -0.39 is 0 Å². The van der Waals surface area contributed by atoms with Crippen LogP contribution in [0.5, 0.6) is 5.75 Å². The molecule has 0 saturated heterocycles. The number of anilines is 1. The molecular weight excluding hydrogens is 322 g/mol. The zero-order chi connectivity index (χ0) is 18.1. The average molecular weight is 341 g/mol. The molecule has 0 amide bonds. The van der Waals surface area contributed by atoms with Gasteiger partial charge < -0.3 is 9.64 Å². The lowest BCUT2D eigenvalue weighted by Crippen LogP contribution is -2.13. The molecule has 0 bridgehead atoms. The third-order valence-electron chi connectivity index (χ3n) is 4.87. The number of nitrogens with zero attached hydrogens (tertiary/aromatic N) is 3. The van der Waals surface area contributed by atoms with Crippen molar-refractivity contribution in [1.82, 2.24) is 4.98 Å². The maximum Gasteiger partial charge on any atom is 0.132 e. The van der Waals surface area contributed by atoms with E-state index in [1.54, 1.807) is 7.11 Å². The molecule has 2 aromatic carbocycles. The number of nitriles is 1. The predicted molar refractivity (Wildman–Crippen MR) is 103 cm³/mol. The highest BCUT2D eigenvalue weighted by Gasteiger charge is 2.23. The zero-order valence-corrected chi connectivity index (χ0v) is 14.9. The van der Waals surface area contributed by atoms with Gasteiger partial charge in [0, 0.05) is 24.7 Å². The lowest BCUT2D eigenvalue weighted by Gasteiger charge is -2.15. The van der Waals surface area contributed by atoms with Gasteiger partial charge in [0.15, 0.2) is 0 Å². The van der Waals surface area contributed by atoms with Crippen LogP contribution in [0, 0.1) is 11.3 Å².